The molecule has 1 unspecified atom stereocenters. The van der Waals surface area contributed by atoms with E-state index < -0.39 is 0 Å². The van der Waals surface area contributed by atoms with E-state index >= 15 is 0 Å². The molecule has 2 aromatic carbocycles. The normalized spacial score (nSPS) is 18.0. The van der Waals surface area contributed by atoms with E-state index in [1.165, 1.54) is 29.5 Å². The van der Waals surface area contributed by atoms with Crippen molar-refractivity contribution in [2.24, 2.45) is 0 Å². The number of nitrogens with zero attached hydrogens (tertiary/aromatic N) is 1. The minimum atomic E-state index is 0.587. The van der Waals surface area contributed by atoms with Gasteiger partial charge in [0.1, 0.15) is 11.5 Å². The first-order valence-corrected chi connectivity index (χ1v) is 9.58. The minimum Gasteiger partial charge on any atom is -0.496 e. The van der Waals surface area contributed by atoms with Crippen molar-refractivity contribution in [3.05, 3.63) is 53.1 Å². The first-order valence-electron chi connectivity index (χ1n) is 9.58. The molecule has 0 spiro atoms. The van der Waals surface area contributed by atoms with Crippen LogP contribution in [0.15, 0.2) is 36.4 Å². The highest BCUT2D eigenvalue weighted by Crippen LogP contribution is 2.37. The van der Waals surface area contributed by atoms with Gasteiger partial charge in [-0.3, -0.25) is 0 Å². The molecule has 1 aliphatic carbocycles. The average molecular weight is 352 g/mol. The molecular formula is C22H28N2O2. The Balaban J connectivity index is 1.38. The zero-order chi connectivity index (χ0) is 17.9. The molecule has 1 aliphatic heterocycles. The molecular weight excluding hydrogens is 324 g/mol. The number of ether oxygens (including phenoxy) is 2. The summed E-state index contributed by atoms with van der Waals surface area (Å²) in [5, 5.41) is 3.27. The van der Waals surface area contributed by atoms with Gasteiger partial charge in [-0.15, -0.1) is 0 Å². The Bertz CT molecular complexity index is 775. The second-order valence-electron chi connectivity index (χ2n) is 7.43. The molecule has 0 bridgehead atoms. The summed E-state index contributed by atoms with van der Waals surface area (Å²) in [6.45, 7) is 2.76. The number of hydrogen-bond acceptors (Lipinski definition) is 4. The van der Waals surface area contributed by atoms with Gasteiger partial charge in [-0.25, -0.2) is 0 Å². The van der Waals surface area contributed by atoms with E-state index in [-0.39, 0.29) is 0 Å². The molecule has 4 heteroatoms. The van der Waals surface area contributed by atoms with Gasteiger partial charge in [0.15, 0.2) is 6.73 Å². The van der Waals surface area contributed by atoms with Crippen LogP contribution in [-0.2, 0) is 12.8 Å². The van der Waals surface area contributed by atoms with Crippen LogP contribution in [0.5, 0.6) is 11.5 Å². The molecule has 0 saturated heterocycles. The third-order valence-corrected chi connectivity index (χ3v) is 5.66. The standard InChI is InChI=1S/C22H28N2O2/c1-24(12-11-16-9-10-22-20(13-16)23-15-26-22)14-17-5-3-7-19-18(17)6-4-8-21(19)25-2/h4,6,8-10,13,17,23H,3,5,7,11-12,14-15H2,1-2H3. The van der Waals surface area contributed by atoms with Gasteiger partial charge < -0.3 is 19.7 Å². The smallest absolute Gasteiger partial charge is 0.159 e. The number of likely N-dealkylation sites (N-methyl/N-ethyl adjacent to an activating group) is 1. The lowest BCUT2D eigenvalue weighted by molar-refractivity contribution is 0.299. The lowest BCUT2D eigenvalue weighted by Gasteiger charge is -2.30. The van der Waals surface area contributed by atoms with E-state index in [2.05, 4.69) is 53.7 Å². The Morgan fingerprint density at radius 1 is 1.27 bits per heavy atom. The van der Waals surface area contributed by atoms with Gasteiger partial charge in [0.25, 0.3) is 0 Å². The monoisotopic (exact) mass is 352 g/mol. The van der Waals surface area contributed by atoms with Crippen molar-refractivity contribution in [2.75, 3.05) is 39.3 Å². The van der Waals surface area contributed by atoms with E-state index in [1.54, 1.807) is 7.11 Å². The highest BCUT2D eigenvalue weighted by molar-refractivity contribution is 5.60. The van der Waals surface area contributed by atoms with E-state index in [1.807, 2.05) is 0 Å². The predicted octanol–water partition coefficient (Wildman–Crippen LogP) is 4.05. The minimum absolute atomic E-state index is 0.587. The largest absolute Gasteiger partial charge is 0.496 e. The average Bonchev–Trinajstić information content (AvgIpc) is 3.14. The fourth-order valence-corrected chi connectivity index (χ4v) is 4.27. The Labute approximate surface area is 156 Å². The van der Waals surface area contributed by atoms with Crippen molar-refractivity contribution >= 4 is 5.69 Å². The first-order chi connectivity index (χ1) is 12.7. The summed E-state index contributed by atoms with van der Waals surface area (Å²) in [6, 6.07) is 13.0. The Kier molecular flexibility index (Phi) is 5.02. The van der Waals surface area contributed by atoms with Gasteiger partial charge in [0.05, 0.1) is 12.8 Å². The van der Waals surface area contributed by atoms with E-state index in [0.717, 1.165) is 43.1 Å². The zero-order valence-electron chi connectivity index (χ0n) is 15.8. The zero-order valence-corrected chi connectivity index (χ0v) is 15.8. The molecule has 2 aromatic rings. The summed E-state index contributed by atoms with van der Waals surface area (Å²) >= 11 is 0. The maximum absolute atomic E-state index is 5.58. The van der Waals surface area contributed by atoms with Crippen LogP contribution in [0.3, 0.4) is 0 Å². The second-order valence-corrected chi connectivity index (χ2v) is 7.43. The summed E-state index contributed by atoms with van der Waals surface area (Å²) < 4.78 is 11.1. The SMILES string of the molecule is COc1cccc2c1CCCC2CN(C)CCc1ccc2c(c1)NCO2. The van der Waals surface area contributed by atoms with Crippen molar-refractivity contribution < 1.29 is 9.47 Å². The van der Waals surface area contributed by atoms with Gasteiger partial charge in [-0.1, -0.05) is 18.2 Å². The van der Waals surface area contributed by atoms with Gasteiger partial charge in [-0.05, 0) is 73.5 Å². The van der Waals surface area contributed by atoms with Crippen molar-refractivity contribution in [2.45, 2.75) is 31.6 Å². The molecule has 26 heavy (non-hydrogen) atoms. The highest BCUT2D eigenvalue weighted by atomic mass is 16.5. The summed E-state index contributed by atoms with van der Waals surface area (Å²) in [5.74, 6) is 2.63. The Hall–Kier alpha value is -2.20. The molecule has 1 atom stereocenters. The first kappa shape index (κ1) is 17.2. The van der Waals surface area contributed by atoms with Gasteiger partial charge >= 0.3 is 0 Å². The predicted molar refractivity (Wildman–Crippen MR) is 105 cm³/mol. The molecule has 0 fully saturated rings. The molecule has 138 valence electrons. The van der Waals surface area contributed by atoms with Crippen molar-refractivity contribution in [3.8, 4) is 11.5 Å². The van der Waals surface area contributed by atoms with Gasteiger partial charge in [0.2, 0.25) is 0 Å². The van der Waals surface area contributed by atoms with Gasteiger partial charge in [-0.2, -0.15) is 0 Å². The van der Waals surface area contributed by atoms with Crippen LogP contribution >= 0.6 is 0 Å². The Morgan fingerprint density at radius 2 is 2.19 bits per heavy atom. The maximum atomic E-state index is 5.58. The van der Waals surface area contributed by atoms with Crippen molar-refractivity contribution in [3.63, 3.8) is 0 Å². The number of anilines is 1. The van der Waals surface area contributed by atoms with Crippen LogP contribution in [0.2, 0.25) is 0 Å². The molecule has 0 aromatic heterocycles. The molecule has 4 nitrogen and oxygen atoms in total. The van der Waals surface area contributed by atoms with Gasteiger partial charge in [0, 0.05) is 13.1 Å². The number of hydrogen-bond donors (Lipinski definition) is 1. The third kappa shape index (κ3) is 3.51. The lowest BCUT2D eigenvalue weighted by Crippen LogP contribution is -2.28. The molecule has 1 N–H and O–H groups in total. The topological polar surface area (TPSA) is 33.7 Å². The van der Waals surface area contributed by atoms with Crippen LogP contribution in [-0.4, -0.2) is 38.9 Å². The number of fused-ring (bicyclic) bond motifs is 2. The quantitative estimate of drug-likeness (QED) is 0.850. The molecule has 2 aliphatic rings. The molecule has 4 rings (SSSR count). The summed E-state index contributed by atoms with van der Waals surface area (Å²) in [7, 11) is 4.02. The molecule has 1 heterocycles. The van der Waals surface area contributed by atoms with E-state index in [9.17, 15) is 0 Å². The molecule has 0 radical (unpaired) electrons. The van der Waals surface area contributed by atoms with Crippen LogP contribution < -0.4 is 14.8 Å². The van der Waals surface area contributed by atoms with Crippen LogP contribution in [0.4, 0.5) is 5.69 Å². The van der Waals surface area contributed by atoms with Crippen molar-refractivity contribution in [1.29, 1.82) is 0 Å². The lowest BCUT2D eigenvalue weighted by atomic mass is 9.82. The fourth-order valence-electron chi connectivity index (χ4n) is 4.27. The summed E-state index contributed by atoms with van der Waals surface area (Å²) in [4.78, 5) is 2.47. The maximum Gasteiger partial charge on any atom is 0.159 e. The molecule has 0 amide bonds. The number of methoxy groups -OCH3 is 1. The van der Waals surface area contributed by atoms with Crippen LogP contribution in [0, 0.1) is 0 Å². The highest BCUT2D eigenvalue weighted by Gasteiger charge is 2.23. The number of benzene rings is 2. The van der Waals surface area contributed by atoms with Crippen LogP contribution in [0.1, 0.15) is 35.4 Å². The number of nitrogens with one attached hydrogen (secondary N) is 1. The summed E-state index contributed by atoms with van der Waals surface area (Å²) in [6.07, 6.45) is 4.72. The van der Waals surface area contributed by atoms with E-state index in [4.69, 9.17) is 9.47 Å². The van der Waals surface area contributed by atoms with E-state index in [0.29, 0.717) is 12.6 Å². The molecule has 0 saturated carbocycles. The third-order valence-electron chi connectivity index (χ3n) is 5.66. The van der Waals surface area contributed by atoms with Crippen molar-refractivity contribution in [1.82, 2.24) is 4.90 Å². The van der Waals surface area contributed by atoms with Crippen LogP contribution in [0.25, 0.3) is 0 Å². The Morgan fingerprint density at radius 3 is 3.08 bits per heavy atom. The fraction of sp³-hybridized carbons (Fsp3) is 0.455. The second kappa shape index (κ2) is 7.58. The number of rotatable bonds is 6. The summed E-state index contributed by atoms with van der Waals surface area (Å²) in [5.41, 5.74) is 5.39.